The van der Waals surface area contributed by atoms with E-state index >= 15 is 0 Å². The lowest BCUT2D eigenvalue weighted by atomic mass is 9.97. The van der Waals surface area contributed by atoms with E-state index in [-0.39, 0.29) is 11.4 Å². The summed E-state index contributed by atoms with van der Waals surface area (Å²) >= 11 is 0. The van der Waals surface area contributed by atoms with Gasteiger partial charge in [-0.1, -0.05) is 73.3 Å². The van der Waals surface area contributed by atoms with E-state index in [4.69, 9.17) is 4.74 Å². The van der Waals surface area contributed by atoms with Crippen molar-refractivity contribution in [2.24, 2.45) is 0 Å². The molecule has 0 aliphatic rings. The number of hydrogen-bond acceptors (Lipinski definition) is 2. The zero-order valence-electron chi connectivity index (χ0n) is 20.0. The van der Waals surface area contributed by atoms with Gasteiger partial charge in [0.2, 0.25) is 0 Å². The van der Waals surface area contributed by atoms with Gasteiger partial charge in [0.15, 0.2) is 11.6 Å². The molecule has 0 saturated heterocycles. The van der Waals surface area contributed by atoms with Gasteiger partial charge < -0.3 is 9.84 Å². The Bertz CT molecular complexity index is 1340. The van der Waals surface area contributed by atoms with Gasteiger partial charge in [0.05, 0.1) is 6.10 Å². The van der Waals surface area contributed by atoms with Crippen LogP contribution in [0.5, 0.6) is 5.75 Å². The lowest BCUT2D eigenvalue weighted by Crippen LogP contribution is -2.00. The van der Waals surface area contributed by atoms with Crippen molar-refractivity contribution in [3.63, 3.8) is 0 Å². The van der Waals surface area contributed by atoms with E-state index < -0.39 is 17.7 Å². The first-order valence-electron chi connectivity index (χ1n) is 11.7. The third-order valence-electron chi connectivity index (χ3n) is 6.12. The molecule has 1 N–H and O–H groups in total. The number of aryl methyl sites for hydroxylation is 2. The third kappa shape index (κ3) is 5.69. The minimum atomic E-state index is -0.886. The van der Waals surface area contributed by atoms with Crippen LogP contribution in [0, 0.1) is 17.5 Å². The highest BCUT2D eigenvalue weighted by Crippen LogP contribution is 2.29. The van der Waals surface area contributed by atoms with Crippen molar-refractivity contribution in [2.75, 3.05) is 6.61 Å². The summed E-state index contributed by atoms with van der Waals surface area (Å²) in [5.41, 5.74) is 3.84. The Morgan fingerprint density at radius 3 is 2.08 bits per heavy atom. The first kappa shape index (κ1) is 25.3. The standard InChI is InChI=1S/C31H27F3O2/c1-3-18-36-26-15-17-27(29(32)19-26)23-7-4-21(5-8-23)6-9-25-14-16-28(31(34)30(25)33)24-12-10-22(11-13-24)20(2)35/h3-5,7-8,10-17,19-20,35H,1,6,9,18H2,2H3. The highest BCUT2D eigenvalue weighted by molar-refractivity contribution is 5.66. The zero-order valence-corrected chi connectivity index (χ0v) is 20.0. The summed E-state index contributed by atoms with van der Waals surface area (Å²) in [6.45, 7) is 5.52. The van der Waals surface area contributed by atoms with Crippen LogP contribution in [0.3, 0.4) is 0 Å². The first-order chi connectivity index (χ1) is 17.4. The molecule has 0 aromatic heterocycles. The molecular formula is C31H27F3O2. The summed E-state index contributed by atoms with van der Waals surface area (Å²) in [5, 5.41) is 9.64. The minimum absolute atomic E-state index is 0.181. The average Bonchev–Trinajstić information content (AvgIpc) is 2.89. The van der Waals surface area contributed by atoms with Crippen molar-refractivity contribution in [3.05, 3.63) is 126 Å². The fourth-order valence-electron chi connectivity index (χ4n) is 4.05. The molecule has 0 aliphatic heterocycles. The van der Waals surface area contributed by atoms with Gasteiger partial charge in [-0.05, 0) is 59.7 Å². The predicted octanol–water partition coefficient (Wildman–Crippen LogP) is 7.84. The summed E-state index contributed by atoms with van der Waals surface area (Å²) in [5.74, 6) is -1.69. The Hall–Kier alpha value is -3.83. The second-order valence-electron chi connectivity index (χ2n) is 8.64. The molecule has 0 bridgehead atoms. The van der Waals surface area contributed by atoms with Crippen LogP contribution in [0.1, 0.15) is 29.7 Å². The number of hydrogen-bond donors (Lipinski definition) is 1. The third-order valence-corrected chi connectivity index (χ3v) is 6.12. The molecule has 0 radical (unpaired) electrons. The van der Waals surface area contributed by atoms with E-state index in [1.165, 1.54) is 6.07 Å². The predicted molar refractivity (Wildman–Crippen MR) is 137 cm³/mol. The highest BCUT2D eigenvalue weighted by atomic mass is 19.2. The van der Waals surface area contributed by atoms with Crippen LogP contribution in [0.25, 0.3) is 22.3 Å². The summed E-state index contributed by atoms with van der Waals surface area (Å²) in [4.78, 5) is 0. The molecule has 4 rings (SSSR count). The van der Waals surface area contributed by atoms with Crippen LogP contribution in [-0.2, 0) is 12.8 Å². The summed E-state index contributed by atoms with van der Waals surface area (Å²) in [6.07, 6.45) is 1.80. The number of halogens is 3. The van der Waals surface area contributed by atoms with Crippen molar-refractivity contribution in [3.8, 4) is 28.0 Å². The maximum absolute atomic E-state index is 14.8. The van der Waals surface area contributed by atoms with Gasteiger partial charge in [0.25, 0.3) is 0 Å². The molecule has 0 fully saturated rings. The Balaban J connectivity index is 1.44. The SMILES string of the molecule is C=CCOc1ccc(-c2ccc(CCc3ccc(-c4ccc(C(C)O)cc4)c(F)c3F)cc2)c(F)c1. The number of aliphatic hydroxyl groups is 1. The molecule has 0 spiro atoms. The number of rotatable bonds is 9. The Morgan fingerprint density at radius 2 is 1.44 bits per heavy atom. The summed E-state index contributed by atoms with van der Waals surface area (Å²) in [7, 11) is 0. The normalized spacial score (nSPS) is 11.8. The van der Waals surface area contributed by atoms with Crippen LogP contribution in [-0.4, -0.2) is 11.7 Å². The van der Waals surface area contributed by atoms with Gasteiger partial charge in [-0.2, -0.15) is 0 Å². The van der Waals surface area contributed by atoms with Crippen molar-refractivity contribution in [2.45, 2.75) is 25.9 Å². The van der Waals surface area contributed by atoms with E-state index in [0.717, 1.165) is 11.1 Å². The maximum Gasteiger partial charge on any atom is 0.166 e. The maximum atomic E-state index is 14.8. The van der Waals surface area contributed by atoms with Crippen LogP contribution in [0.15, 0.2) is 91.5 Å². The lowest BCUT2D eigenvalue weighted by molar-refractivity contribution is 0.199. The molecule has 0 saturated carbocycles. The zero-order chi connectivity index (χ0) is 25.7. The molecule has 36 heavy (non-hydrogen) atoms. The molecule has 0 amide bonds. The quantitative estimate of drug-likeness (QED) is 0.243. The highest BCUT2D eigenvalue weighted by Gasteiger charge is 2.15. The van der Waals surface area contributed by atoms with Crippen molar-refractivity contribution >= 4 is 0 Å². The number of aliphatic hydroxyl groups excluding tert-OH is 1. The first-order valence-corrected chi connectivity index (χ1v) is 11.7. The van der Waals surface area contributed by atoms with Gasteiger partial charge in [-0.25, -0.2) is 13.2 Å². The molecule has 5 heteroatoms. The van der Waals surface area contributed by atoms with Gasteiger partial charge in [-0.3, -0.25) is 0 Å². The van der Waals surface area contributed by atoms with Gasteiger partial charge in [0, 0.05) is 17.2 Å². The van der Waals surface area contributed by atoms with Crippen molar-refractivity contribution in [1.29, 1.82) is 0 Å². The van der Waals surface area contributed by atoms with E-state index in [2.05, 4.69) is 6.58 Å². The summed E-state index contributed by atoms with van der Waals surface area (Å²) < 4.78 is 49.6. The van der Waals surface area contributed by atoms with E-state index in [1.807, 2.05) is 24.3 Å². The van der Waals surface area contributed by atoms with Crippen LogP contribution >= 0.6 is 0 Å². The Morgan fingerprint density at radius 1 is 0.806 bits per heavy atom. The Labute approximate surface area is 209 Å². The fourth-order valence-corrected chi connectivity index (χ4v) is 4.05. The van der Waals surface area contributed by atoms with Crippen molar-refractivity contribution < 1.29 is 23.0 Å². The van der Waals surface area contributed by atoms with E-state index in [1.54, 1.807) is 61.5 Å². The molecule has 0 aliphatic carbocycles. The van der Waals surface area contributed by atoms with Crippen LogP contribution in [0.4, 0.5) is 13.2 Å². The van der Waals surface area contributed by atoms with E-state index in [9.17, 15) is 18.3 Å². The van der Waals surface area contributed by atoms with Gasteiger partial charge in [0.1, 0.15) is 18.2 Å². The van der Waals surface area contributed by atoms with Gasteiger partial charge >= 0.3 is 0 Å². The second-order valence-corrected chi connectivity index (χ2v) is 8.64. The molecule has 1 unspecified atom stereocenters. The molecular weight excluding hydrogens is 461 g/mol. The number of ether oxygens (including phenoxy) is 1. The minimum Gasteiger partial charge on any atom is -0.489 e. The largest absolute Gasteiger partial charge is 0.489 e. The van der Waals surface area contributed by atoms with Crippen molar-refractivity contribution in [1.82, 2.24) is 0 Å². The molecule has 2 nitrogen and oxygen atoms in total. The van der Waals surface area contributed by atoms with Gasteiger partial charge in [-0.15, -0.1) is 0 Å². The topological polar surface area (TPSA) is 29.5 Å². The van der Waals surface area contributed by atoms with Crippen LogP contribution in [0.2, 0.25) is 0 Å². The Kier molecular flexibility index (Phi) is 7.91. The molecule has 184 valence electrons. The fraction of sp³-hybridized carbons (Fsp3) is 0.161. The molecule has 0 heterocycles. The second kappa shape index (κ2) is 11.3. The monoisotopic (exact) mass is 488 g/mol. The molecule has 4 aromatic carbocycles. The number of benzene rings is 4. The molecule has 4 aromatic rings. The average molecular weight is 489 g/mol. The smallest absolute Gasteiger partial charge is 0.166 e. The van der Waals surface area contributed by atoms with E-state index in [0.29, 0.717) is 47.5 Å². The lowest BCUT2D eigenvalue weighted by Gasteiger charge is -2.11. The van der Waals surface area contributed by atoms with Crippen LogP contribution < -0.4 is 4.74 Å². The molecule has 1 atom stereocenters. The summed E-state index contributed by atoms with van der Waals surface area (Å²) in [6, 6.07) is 22.0.